The number of nitrogens with two attached hydrogens (primary N) is 1. The molecule has 1 fully saturated rings. The van der Waals surface area contributed by atoms with Crippen molar-refractivity contribution in [2.45, 2.75) is 25.4 Å². The second kappa shape index (κ2) is 3.98. The molecule has 1 nitrogen and oxygen atoms in total. The van der Waals surface area contributed by atoms with Crippen LogP contribution in [-0.4, -0.2) is 6.54 Å². The van der Waals surface area contributed by atoms with E-state index in [0.29, 0.717) is 24.6 Å². The highest BCUT2D eigenvalue weighted by molar-refractivity contribution is 5.28. The smallest absolute Gasteiger partial charge is 0.330 e. The summed E-state index contributed by atoms with van der Waals surface area (Å²) in [6, 6.07) is 2.69. The number of hydrogen-bond donors (Lipinski definition) is 1. The molecule has 0 heterocycles. The molecule has 0 spiro atoms. The van der Waals surface area contributed by atoms with Crippen LogP contribution in [0, 0.1) is 11.2 Å². The lowest BCUT2D eigenvalue weighted by molar-refractivity contribution is -0.137. The normalized spacial score (nSPS) is 18.2. The number of alkyl halides is 3. The third-order valence-corrected chi connectivity index (χ3v) is 3.25. The Balaban J connectivity index is 2.26. The van der Waals surface area contributed by atoms with Gasteiger partial charge >= 0.3 is 6.18 Å². The molecule has 17 heavy (non-hydrogen) atoms. The molecule has 0 saturated heterocycles. The van der Waals surface area contributed by atoms with Gasteiger partial charge < -0.3 is 5.73 Å². The Morgan fingerprint density at radius 3 is 2.29 bits per heavy atom. The van der Waals surface area contributed by atoms with Crippen LogP contribution in [0.25, 0.3) is 0 Å². The van der Waals surface area contributed by atoms with Gasteiger partial charge in [-0.15, -0.1) is 0 Å². The molecule has 5 heteroatoms. The third kappa shape index (κ3) is 2.77. The summed E-state index contributed by atoms with van der Waals surface area (Å²) >= 11 is 0. The fraction of sp³-hybridized carbons (Fsp3) is 0.500. The van der Waals surface area contributed by atoms with Crippen molar-refractivity contribution in [1.29, 1.82) is 0 Å². The van der Waals surface area contributed by atoms with Crippen molar-refractivity contribution in [3.63, 3.8) is 0 Å². The summed E-state index contributed by atoms with van der Waals surface area (Å²) in [5.41, 5.74) is 4.91. The molecule has 1 aliphatic rings. The van der Waals surface area contributed by atoms with Crippen LogP contribution < -0.4 is 5.73 Å². The van der Waals surface area contributed by atoms with Gasteiger partial charge in [0.15, 0.2) is 0 Å². The van der Waals surface area contributed by atoms with Crippen LogP contribution in [0.3, 0.4) is 0 Å². The Morgan fingerprint density at radius 2 is 1.82 bits per heavy atom. The van der Waals surface area contributed by atoms with Gasteiger partial charge in [-0.25, -0.2) is 4.39 Å². The van der Waals surface area contributed by atoms with E-state index >= 15 is 0 Å². The van der Waals surface area contributed by atoms with Crippen LogP contribution in [0.1, 0.15) is 24.0 Å². The van der Waals surface area contributed by atoms with E-state index in [-0.39, 0.29) is 5.41 Å². The first-order valence-corrected chi connectivity index (χ1v) is 5.41. The Bertz CT molecular complexity index is 421. The van der Waals surface area contributed by atoms with E-state index in [2.05, 4.69) is 0 Å². The summed E-state index contributed by atoms with van der Waals surface area (Å²) in [6.07, 6.45) is -2.27. The van der Waals surface area contributed by atoms with Gasteiger partial charge in [0.2, 0.25) is 0 Å². The van der Waals surface area contributed by atoms with E-state index in [4.69, 9.17) is 5.73 Å². The Hall–Kier alpha value is -1.10. The summed E-state index contributed by atoms with van der Waals surface area (Å²) in [5, 5.41) is 0. The van der Waals surface area contributed by atoms with Gasteiger partial charge in [-0.2, -0.15) is 13.2 Å². The summed E-state index contributed by atoms with van der Waals surface area (Å²) < 4.78 is 50.6. The van der Waals surface area contributed by atoms with Crippen molar-refractivity contribution in [3.8, 4) is 0 Å². The Morgan fingerprint density at radius 1 is 1.18 bits per heavy atom. The SMILES string of the molecule is NCC1(Cc2cc(F)cc(C(F)(F)F)c2)CC1. The fourth-order valence-corrected chi connectivity index (χ4v) is 1.98. The van der Waals surface area contributed by atoms with Gasteiger partial charge in [0, 0.05) is 0 Å². The molecule has 1 aromatic carbocycles. The highest BCUT2D eigenvalue weighted by Crippen LogP contribution is 2.47. The third-order valence-electron chi connectivity index (χ3n) is 3.25. The highest BCUT2D eigenvalue weighted by Gasteiger charge is 2.41. The monoisotopic (exact) mass is 247 g/mol. The topological polar surface area (TPSA) is 26.0 Å². The maximum Gasteiger partial charge on any atom is 0.416 e. The predicted molar refractivity (Wildman–Crippen MR) is 55.8 cm³/mol. The first-order valence-electron chi connectivity index (χ1n) is 5.41. The average Bonchev–Trinajstić information content (AvgIpc) is 2.96. The molecular weight excluding hydrogens is 234 g/mol. The minimum atomic E-state index is -4.50. The molecule has 1 aliphatic carbocycles. The quantitative estimate of drug-likeness (QED) is 0.816. The largest absolute Gasteiger partial charge is 0.416 e. The van der Waals surface area contributed by atoms with Crippen molar-refractivity contribution < 1.29 is 17.6 Å². The number of rotatable bonds is 3. The van der Waals surface area contributed by atoms with Crippen molar-refractivity contribution in [3.05, 3.63) is 35.1 Å². The highest BCUT2D eigenvalue weighted by atomic mass is 19.4. The van der Waals surface area contributed by atoms with Gasteiger partial charge in [0.05, 0.1) is 5.56 Å². The maximum atomic E-state index is 13.1. The van der Waals surface area contributed by atoms with Crippen LogP contribution in [0.2, 0.25) is 0 Å². The minimum Gasteiger partial charge on any atom is -0.330 e. The van der Waals surface area contributed by atoms with Gasteiger partial charge in [0.25, 0.3) is 0 Å². The van der Waals surface area contributed by atoms with E-state index in [9.17, 15) is 17.6 Å². The molecule has 0 amide bonds. The first-order chi connectivity index (χ1) is 7.85. The number of hydrogen-bond acceptors (Lipinski definition) is 1. The number of halogens is 4. The molecule has 2 rings (SSSR count). The predicted octanol–water partition coefficient (Wildman–Crippen LogP) is 3.13. The summed E-state index contributed by atoms with van der Waals surface area (Å²) in [5.74, 6) is -0.845. The Labute approximate surface area is 96.6 Å². The summed E-state index contributed by atoms with van der Waals surface area (Å²) in [7, 11) is 0. The number of benzene rings is 1. The molecule has 94 valence electrons. The molecule has 0 atom stereocenters. The molecule has 2 N–H and O–H groups in total. The zero-order valence-corrected chi connectivity index (χ0v) is 9.15. The molecule has 0 aromatic heterocycles. The second-order valence-electron chi connectivity index (χ2n) is 4.73. The van der Waals surface area contributed by atoms with Crippen LogP contribution >= 0.6 is 0 Å². The van der Waals surface area contributed by atoms with Crippen LogP contribution in [-0.2, 0) is 12.6 Å². The van der Waals surface area contributed by atoms with Crippen molar-refractivity contribution >= 4 is 0 Å². The van der Waals surface area contributed by atoms with Crippen LogP contribution in [0.5, 0.6) is 0 Å². The van der Waals surface area contributed by atoms with Crippen molar-refractivity contribution in [2.24, 2.45) is 11.1 Å². The fourth-order valence-electron chi connectivity index (χ4n) is 1.98. The lowest BCUT2D eigenvalue weighted by atomic mass is 9.95. The van der Waals surface area contributed by atoms with Crippen molar-refractivity contribution in [1.82, 2.24) is 0 Å². The van der Waals surface area contributed by atoms with Gasteiger partial charge in [-0.05, 0) is 55.0 Å². The minimum absolute atomic E-state index is 0.101. The maximum absolute atomic E-state index is 13.1. The van der Waals surface area contributed by atoms with Gasteiger partial charge in [-0.1, -0.05) is 0 Å². The summed E-state index contributed by atoms with van der Waals surface area (Å²) in [6.45, 7) is 0.435. The van der Waals surface area contributed by atoms with E-state index in [1.54, 1.807) is 0 Å². The average molecular weight is 247 g/mol. The van der Waals surface area contributed by atoms with E-state index in [0.717, 1.165) is 25.0 Å². The lowest BCUT2D eigenvalue weighted by Gasteiger charge is -2.14. The molecule has 0 aliphatic heterocycles. The first kappa shape index (κ1) is 12.4. The van der Waals surface area contributed by atoms with Crippen LogP contribution in [0.15, 0.2) is 18.2 Å². The molecule has 1 saturated carbocycles. The van der Waals surface area contributed by atoms with Crippen LogP contribution in [0.4, 0.5) is 17.6 Å². The van der Waals surface area contributed by atoms with E-state index in [1.165, 1.54) is 0 Å². The zero-order valence-electron chi connectivity index (χ0n) is 9.15. The standard InChI is InChI=1S/C12H13F4N/c13-10-4-8(6-11(7-17)1-2-11)3-9(5-10)12(14,15)16/h3-5H,1-2,6-7,17H2. The van der Waals surface area contributed by atoms with E-state index in [1.807, 2.05) is 0 Å². The van der Waals surface area contributed by atoms with Gasteiger partial charge in [0.1, 0.15) is 5.82 Å². The molecule has 1 aromatic rings. The molecule has 0 unspecified atom stereocenters. The molecular formula is C12H13F4N. The lowest BCUT2D eigenvalue weighted by Crippen LogP contribution is -2.18. The summed E-state index contributed by atoms with van der Waals surface area (Å²) in [4.78, 5) is 0. The van der Waals surface area contributed by atoms with Gasteiger partial charge in [-0.3, -0.25) is 0 Å². The molecule has 0 radical (unpaired) electrons. The Kier molecular flexibility index (Phi) is 2.89. The second-order valence-corrected chi connectivity index (χ2v) is 4.73. The molecule has 0 bridgehead atoms. The zero-order chi connectivity index (χ0) is 12.7. The van der Waals surface area contributed by atoms with Crippen molar-refractivity contribution in [2.75, 3.05) is 6.54 Å². The van der Waals surface area contributed by atoms with E-state index < -0.39 is 17.6 Å².